The summed E-state index contributed by atoms with van der Waals surface area (Å²) < 4.78 is 16.1. The van der Waals surface area contributed by atoms with E-state index in [-0.39, 0.29) is 5.91 Å². The Morgan fingerprint density at radius 3 is 2.58 bits per heavy atom. The van der Waals surface area contributed by atoms with Gasteiger partial charge in [0.15, 0.2) is 18.0 Å². The van der Waals surface area contributed by atoms with E-state index < -0.39 is 0 Å². The van der Waals surface area contributed by atoms with Crippen LogP contribution in [0.2, 0.25) is 0 Å². The minimum Gasteiger partial charge on any atom is -0.497 e. The molecule has 0 fully saturated rings. The van der Waals surface area contributed by atoms with Gasteiger partial charge in [0, 0.05) is 17.3 Å². The Balaban J connectivity index is 1.93. The van der Waals surface area contributed by atoms with Crippen LogP contribution in [-0.2, 0) is 11.3 Å². The van der Waals surface area contributed by atoms with Gasteiger partial charge in [-0.25, -0.2) is 0 Å². The van der Waals surface area contributed by atoms with E-state index in [0.29, 0.717) is 31.2 Å². The van der Waals surface area contributed by atoms with E-state index in [1.54, 1.807) is 20.3 Å². The molecule has 2 aromatic carbocycles. The molecule has 0 aliphatic heterocycles. The van der Waals surface area contributed by atoms with Gasteiger partial charge in [0.05, 0.1) is 27.9 Å². The van der Waals surface area contributed by atoms with E-state index >= 15 is 0 Å². The number of hydrogen-bond donors (Lipinski definition) is 2. The van der Waals surface area contributed by atoms with Crippen molar-refractivity contribution in [3.8, 4) is 17.2 Å². The number of hydrogen-bond acceptors (Lipinski definition) is 4. The molecule has 26 heavy (non-hydrogen) atoms. The summed E-state index contributed by atoms with van der Waals surface area (Å²) in [5, 5.41) is 2.90. The van der Waals surface area contributed by atoms with Crippen molar-refractivity contribution < 1.29 is 23.9 Å². The molecule has 140 valence electrons. The standard InChI is InChI=1S/C20H26N2O4/c1-5-26-18-10-9-15(11-19(18)25-4)13-22(2)14-20(23)21-16-7-6-8-17(12-16)24-3/h6-12H,5,13-14H2,1-4H3,(H,21,23)/p+1. The Labute approximate surface area is 154 Å². The molecule has 0 aromatic heterocycles. The third-order valence-electron chi connectivity index (χ3n) is 3.85. The molecule has 6 heteroatoms. The van der Waals surface area contributed by atoms with Gasteiger partial charge >= 0.3 is 0 Å². The summed E-state index contributed by atoms with van der Waals surface area (Å²) in [6.07, 6.45) is 0. The van der Waals surface area contributed by atoms with Gasteiger partial charge in [-0.1, -0.05) is 6.07 Å². The van der Waals surface area contributed by atoms with Gasteiger partial charge in [-0.05, 0) is 37.3 Å². The second kappa shape index (κ2) is 9.68. The number of methoxy groups -OCH3 is 2. The highest BCUT2D eigenvalue weighted by molar-refractivity contribution is 5.91. The highest BCUT2D eigenvalue weighted by Crippen LogP contribution is 2.27. The molecule has 1 unspecified atom stereocenters. The first-order valence-electron chi connectivity index (χ1n) is 8.60. The van der Waals surface area contributed by atoms with Crippen molar-refractivity contribution in [2.45, 2.75) is 13.5 Å². The quantitative estimate of drug-likeness (QED) is 0.716. The molecule has 2 aromatic rings. The monoisotopic (exact) mass is 359 g/mol. The third kappa shape index (κ3) is 5.67. The summed E-state index contributed by atoms with van der Waals surface area (Å²) in [5.74, 6) is 2.10. The van der Waals surface area contributed by atoms with Crippen LogP contribution in [0.1, 0.15) is 12.5 Å². The fourth-order valence-electron chi connectivity index (χ4n) is 2.69. The SMILES string of the molecule is CCOc1ccc(C[NH+](C)CC(=O)Nc2cccc(OC)c2)cc1OC. The van der Waals surface area contributed by atoms with Crippen LogP contribution in [0.3, 0.4) is 0 Å². The van der Waals surface area contributed by atoms with Gasteiger partial charge < -0.3 is 24.4 Å². The molecule has 0 saturated heterocycles. The van der Waals surface area contributed by atoms with E-state index in [1.165, 1.54) is 0 Å². The zero-order valence-electron chi connectivity index (χ0n) is 15.8. The lowest BCUT2D eigenvalue weighted by Crippen LogP contribution is -3.08. The van der Waals surface area contributed by atoms with Gasteiger partial charge in [-0.15, -0.1) is 0 Å². The zero-order valence-corrected chi connectivity index (χ0v) is 15.8. The molecule has 0 heterocycles. The maximum Gasteiger partial charge on any atom is 0.279 e. The predicted molar refractivity (Wildman–Crippen MR) is 101 cm³/mol. The van der Waals surface area contributed by atoms with Crippen LogP contribution >= 0.6 is 0 Å². The Kier molecular flexibility index (Phi) is 7.29. The van der Waals surface area contributed by atoms with Gasteiger partial charge in [-0.2, -0.15) is 0 Å². The van der Waals surface area contributed by atoms with Crippen molar-refractivity contribution in [3.63, 3.8) is 0 Å². The Morgan fingerprint density at radius 1 is 1.08 bits per heavy atom. The summed E-state index contributed by atoms with van der Waals surface area (Å²) in [7, 11) is 5.21. The second-order valence-corrected chi connectivity index (χ2v) is 6.01. The fourth-order valence-corrected chi connectivity index (χ4v) is 2.69. The largest absolute Gasteiger partial charge is 0.497 e. The number of carbonyl (C=O) groups excluding carboxylic acids is 1. The molecule has 0 spiro atoms. The van der Waals surface area contributed by atoms with E-state index in [9.17, 15) is 4.79 Å². The number of rotatable bonds is 9. The minimum atomic E-state index is -0.0475. The molecule has 0 aliphatic rings. The first-order valence-corrected chi connectivity index (χ1v) is 8.60. The van der Waals surface area contributed by atoms with Crippen molar-refractivity contribution in [3.05, 3.63) is 48.0 Å². The maximum absolute atomic E-state index is 12.3. The van der Waals surface area contributed by atoms with Crippen molar-refractivity contribution in [1.82, 2.24) is 0 Å². The molecule has 0 bridgehead atoms. The van der Waals surface area contributed by atoms with Crippen molar-refractivity contribution in [1.29, 1.82) is 0 Å². The summed E-state index contributed by atoms with van der Waals surface area (Å²) in [5.41, 5.74) is 1.81. The smallest absolute Gasteiger partial charge is 0.279 e. The van der Waals surface area contributed by atoms with Crippen LogP contribution in [0.4, 0.5) is 5.69 Å². The van der Waals surface area contributed by atoms with Crippen molar-refractivity contribution >= 4 is 11.6 Å². The van der Waals surface area contributed by atoms with E-state index in [1.807, 2.05) is 50.4 Å². The normalized spacial score (nSPS) is 11.5. The number of carbonyl (C=O) groups is 1. The number of amides is 1. The van der Waals surface area contributed by atoms with Gasteiger partial charge in [-0.3, -0.25) is 4.79 Å². The molecule has 0 saturated carbocycles. The fraction of sp³-hybridized carbons (Fsp3) is 0.350. The van der Waals surface area contributed by atoms with Crippen LogP contribution in [0.25, 0.3) is 0 Å². The lowest BCUT2D eigenvalue weighted by atomic mass is 10.2. The topological polar surface area (TPSA) is 61.2 Å². The lowest BCUT2D eigenvalue weighted by molar-refractivity contribution is -0.885. The third-order valence-corrected chi connectivity index (χ3v) is 3.85. The first kappa shape index (κ1) is 19.6. The molecule has 2 rings (SSSR count). The number of quaternary nitrogens is 1. The summed E-state index contributed by atoms with van der Waals surface area (Å²) in [4.78, 5) is 13.3. The molecule has 0 radical (unpaired) electrons. The number of ether oxygens (including phenoxy) is 3. The van der Waals surface area contributed by atoms with Crippen LogP contribution in [-0.4, -0.2) is 40.3 Å². The predicted octanol–water partition coefficient (Wildman–Crippen LogP) is 1.76. The van der Waals surface area contributed by atoms with Crippen LogP contribution in [0.5, 0.6) is 17.2 Å². The lowest BCUT2D eigenvalue weighted by Gasteiger charge is -2.16. The number of likely N-dealkylation sites (N-methyl/N-ethyl adjacent to an activating group) is 1. The summed E-state index contributed by atoms with van der Waals surface area (Å²) >= 11 is 0. The van der Waals surface area contributed by atoms with Gasteiger partial charge in [0.25, 0.3) is 5.91 Å². The number of anilines is 1. The Hall–Kier alpha value is -2.73. The number of benzene rings is 2. The van der Waals surface area contributed by atoms with E-state index in [2.05, 4.69) is 5.32 Å². The highest BCUT2D eigenvalue weighted by Gasteiger charge is 2.13. The average molecular weight is 359 g/mol. The molecule has 6 nitrogen and oxygen atoms in total. The molecular formula is C20H27N2O4+. The molecule has 2 N–H and O–H groups in total. The molecule has 1 amide bonds. The molecule has 1 atom stereocenters. The second-order valence-electron chi connectivity index (χ2n) is 6.01. The Morgan fingerprint density at radius 2 is 1.88 bits per heavy atom. The van der Waals surface area contributed by atoms with Gasteiger partial charge in [0.1, 0.15) is 12.3 Å². The van der Waals surface area contributed by atoms with Crippen LogP contribution in [0, 0.1) is 0 Å². The van der Waals surface area contributed by atoms with E-state index in [0.717, 1.165) is 21.9 Å². The number of nitrogens with one attached hydrogen (secondary N) is 2. The first-order chi connectivity index (χ1) is 12.5. The van der Waals surface area contributed by atoms with Crippen LogP contribution < -0.4 is 24.4 Å². The summed E-state index contributed by atoms with van der Waals surface area (Å²) in [6.45, 7) is 3.58. The highest BCUT2D eigenvalue weighted by atomic mass is 16.5. The summed E-state index contributed by atoms with van der Waals surface area (Å²) in [6, 6.07) is 13.2. The van der Waals surface area contributed by atoms with Crippen LogP contribution in [0.15, 0.2) is 42.5 Å². The van der Waals surface area contributed by atoms with E-state index in [4.69, 9.17) is 14.2 Å². The zero-order chi connectivity index (χ0) is 18.9. The van der Waals surface area contributed by atoms with Crippen molar-refractivity contribution in [2.75, 3.05) is 39.7 Å². The average Bonchev–Trinajstić information content (AvgIpc) is 2.63. The van der Waals surface area contributed by atoms with Gasteiger partial charge in [0.2, 0.25) is 0 Å². The molecular weight excluding hydrogens is 332 g/mol. The minimum absolute atomic E-state index is 0.0475. The Bertz CT molecular complexity index is 734. The molecule has 0 aliphatic carbocycles. The van der Waals surface area contributed by atoms with Crippen molar-refractivity contribution in [2.24, 2.45) is 0 Å². The maximum atomic E-state index is 12.3.